The van der Waals surface area contributed by atoms with E-state index < -0.39 is 0 Å². The minimum Gasteiger partial charge on any atom is -0.399 e. The summed E-state index contributed by atoms with van der Waals surface area (Å²) in [6.07, 6.45) is 0. The number of carbonyl (C=O) groups excluding carboxylic acids is 1. The Morgan fingerprint density at radius 1 is 1.33 bits per heavy atom. The van der Waals surface area contributed by atoms with E-state index >= 15 is 0 Å². The Morgan fingerprint density at radius 2 is 2.05 bits per heavy atom. The molecule has 1 atom stereocenters. The molecule has 0 aliphatic heterocycles. The van der Waals surface area contributed by atoms with Gasteiger partial charge in [0.05, 0.1) is 21.7 Å². The maximum atomic E-state index is 12.5. The van der Waals surface area contributed by atoms with Crippen molar-refractivity contribution in [3.8, 4) is 0 Å². The molecule has 6 heteroatoms. The van der Waals surface area contributed by atoms with Crippen LogP contribution in [0.4, 0.5) is 5.69 Å². The van der Waals surface area contributed by atoms with E-state index in [9.17, 15) is 4.79 Å². The van der Waals surface area contributed by atoms with Crippen LogP contribution in [0, 0.1) is 5.92 Å². The van der Waals surface area contributed by atoms with Crippen molar-refractivity contribution in [2.24, 2.45) is 5.92 Å². The van der Waals surface area contributed by atoms with Crippen molar-refractivity contribution in [2.75, 3.05) is 5.73 Å². The summed E-state index contributed by atoms with van der Waals surface area (Å²) in [4.78, 5) is 13.6. The number of rotatable bonds is 4. The number of nitrogens with one attached hydrogen (secondary N) is 1. The number of thiophene rings is 1. The molecular formula is C15H16Cl2N2OS. The number of nitrogen functional groups attached to an aromatic ring is 1. The van der Waals surface area contributed by atoms with Crippen molar-refractivity contribution in [1.29, 1.82) is 0 Å². The van der Waals surface area contributed by atoms with Crippen molar-refractivity contribution in [1.82, 2.24) is 5.32 Å². The largest absolute Gasteiger partial charge is 0.399 e. The van der Waals surface area contributed by atoms with Crippen LogP contribution >= 0.6 is 34.5 Å². The fourth-order valence-electron chi connectivity index (χ4n) is 2.03. The molecule has 3 N–H and O–H groups in total. The lowest BCUT2D eigenvalue weighted by molar-refractivity contribution is 0.0926. The van der Waals surface area contributed by atoms with Crippen LogP contribution in [0.25, 0.3) is 0 Å². The minimum atomic E-state index is -0.277. The van der Waals surface area contributed by atoms with Crippen molar-refractivity contribution >= 4 is 46.1 Å². The predicted octanol–water partition coefficient (Wildman–Crippen LogP) is 4.76. The number of nitrogens with two attached hydrogens (primary N) is 1. The Labute approximate surface area is 138 Å². The summed E-state index contributed by atoms with van der Waals surface area (Å²) in [6.45, 7) is 4.11. The standard InChI is InChI=1S/C15H16Cl2N2OS/c1-8(2)14(12-4-3-5-21-12)19-15(20)10-6-9(18)7-11(16)13(10)17/h3-8,14H,18H2,1-2H3,(H,19,20). The fraction of sp³-hybridized carbons (Fsp3) is 0.267. The van der Waals surface area contributed by atoms with E-state index in [0.717, 1.165) is 4.88 Å². The maximum Gasteiger partial charge on any atom is 0.253 e. The third-order valence-corrected chi connectivity index (χ3v) is 4.86. The maximum absolute atomic E-state index is 12.5. The Kier molecular flexibility index (Phi) is 5.14. The Morgan fingerprint density at radius 3 is 2.62 bits per heavy atom. The van der Waals surface area contributed by atoms with Gasteiger partial charge in [0.1, 0.15) is 0 Å². The summed E-state index contributed by atoms with van der Waals surface area (Å²) in [5.41, 5.74) is 6.43. The van der Waals surface area contributed by atoms with Crippen LogP contribution in [0.3, 0.4) is 0 Å². The first-order chi connectivity index (χ1) is 9.90. The van der Waals surface area contributed by atoms with Gasteiger partial charge >= 0.3 is 0 Å². The highest BCUT2D eigenvalue weighted by Gasteiger charge is 2.22. The second-order valence-corrected chi connectivity index (χ2v) is 6.84. The highest BCUT2D eigenvalue weighted by atomic mass is 35.5. The normalized spacial score (nSPS) is 12.4. The van der Waals surface area contributed by atoms with E-state index in [2.05, 4.69) is 19.2 Å². The van der Waals surface area contributed by atoms with E-state index in [0.29, 0.717) is 11.3 Å². The van der Waals surface area contributed by atoms with Crippen LogP contribution in [-0.2, 0) is 0 Å². The molecule has 3 nitrogen and oxygen atoms in total. The number of hydrogen-bond acceptors (Lipinski definition) is 3. The topological polar surface area (TPSA) is 55.1 Å². The first-order valence-electron chi connectivity index (χ1n) is 6.49. The highest BCUT2D eigenvalue weighted by molar-refractivity contribution is 7.10. The van der Waals surface area contributed by atoms with E-state index in [1.807, 2.05) is 17.5 Å². The Bertz CT molecular complexity index is 641. The molecule has 1 amide bonds. The monoisotopic (exact) mass is 342 g/mol. The summed E-state index contributed by atoms with van der Waals surface area (Å²) in [5.74, 6) is -0.0239. The first kappa shape index (κ1) is 16.1. The molecule has 1 aromatic heterocycles. The summed E-state index contributed by atoms with van der Waals surface area (Å²) in [7, 11) is 0. The van der Waals surface area contributed by atoms with Gasteiger partial charge in [-0.15, -0.1) is 11.3 Å². The van der Waals surface area contributed by atoms with Gasteiger partial charge in [-0.25, -0.2) is 0 Å². The van der Waals surface area contributed by atoms with Crippen LogP contribution in [0.15, 0.2) is 29.6 Å². The molecule has 2 rings (SSSR count). The van der Waals surface area contributed by atoms with Gasteiger partial charge in [-0.05, 0) is 29.5 Å². The molecule has 0 fully saturated rings. The summed E-state index contributed by atoms with van der Waals surface area (Å²) < 4.78 is 0. The van der Waals surface area contributed by atoms with Gasteiger partial charge < -0.3 is 11.1 Å². The Hall–Kier alpha value is -1.23. The molecule has 0 bridgehead atoms. The number of hydrogen-bond donors (Lipinski definition) is 2. The lowest BCUT2D eigenvalue weighted by Crippen LogP contribution is -2.31. The van der Waals surface area contributed by atoms with Crippen molar-refractivity contribution < 1.29 is 4.79 Å². The molecule has 0 saturated heterocycles. The average molecular weight is 343 g/mol. The zero-order chi connectivity index (χ0) is 15.6. The number of benzene rings is 1. The molecule has 21 heavy (non-hydrogen) atoms. The number of anilines is 1. The van der Waals surface area contributed by atoms with Crippen LogP contribution in [-0.4, -0.2) is 5.91 Å². The van der Waals surface area contributed by atoms with Crippen molar-refractivity contribution in [3.63, 3.8) is 0 Å². The summed E-state index contributed by atoms with van der Waals surface area (Å²) >= 11 is 13.7. The van der Waals surface area contributed by atoms with Gasteiger partial charge in [-0.2, -0.15) is 0 Å². The van der Waals surface area contributed by atoms with Gasteiger partial charge in [0.2, 0.25) is 0 Å². The number of carbonyl (C=O) groups is 1. The second-order valence-electron chi connectivity index (χ2n) is 5.07. The molecule has 1 heterocycles. The molecule has 2 aromatic rings. The minimum absolute atomic E-state index is 0.0752. The van der Waals surface area contributed by atoms with Crippen LogP contribution in [0.1, 0.15) is 35.1 Å². The smallest absolute Gasteiger partial charge is 0.253 e. The zero-order valence-corrected chi connectivity index (χ0v) is 14.0. The lowest BCUT2D eigenvalue weighted by atomic mass is 10.0. The van der Waals surface area contributed by atoms with E-state index in [1.165, 1.54) is 12.1 Å². The van der Waals surface area contributed by atoms with Crippen LogP contribution in [0.5, 0.6) is 0 Å². The zero-order valence-electron chi connectivity index (χ0n) is 11.7. The molecule has 1 aromatic carbocycles. The first-order valence-corrected chi connectivity index (χ1v) is 8.12. The van der Waals surface area contributed by atoms with Crippen molar-refractivity contribution in [3.05, 3.63) is 50.1 Å². The van der Waals surface area contributed by atoms with Gasteiger partial charge in [0.15, 0.2) is 0 Å². The molecule has 0 saturated carbocycles. The van der Waals surface area contributed by atoms with E-state index in [4.69, 9.17) is 28.9 Å². The second kappa shape index (κ2) is 6.69. The lowest BCUT2D eigenvalue weighted by Gasteiger charge is -2.21. The molecule has 112 valence electrons. The van der Waals surface area contributed by atoms with Gasteiger partial charge in [-0.1, -0.05) is 43.1 Å². The Balaban J connectivity index is 2.28. The number of amides is 1. The molecule has 0 radical (unpaired) electrons. The van der Waals surface area contributed by atoms with Gasteiger partial charge in [-0.3, -0.25) is 4.79 Å². The predicted molar refractivity (Wildman–Crippen MR) is 90.2 cm³/mol. The third-order valence-electron chi connectivity index (χ3n) is 3.10. The SMILES string of the molecule is CC(C)C(NC(=O)c1cc(N)cc(Cl)c1Cl)c1cccs1. The van der Waals surface area contributed by atoms with E-state index in [1.54, 1.807) is 11.3 Å². The fourth-order valence-corrected chi connectivity index (χ4v) is 3.40. The molecule has 0 aliphatic carbocycles. The average Bonchev–Trinajstić information content (AvgIpc) is 2.93. The van der Waals surface area contributed by atoms with Crippen LogP contribution in [0.2, 0.25) is 10.0 Å². The number of halogens is 2. The molecular weight excluding hydrogens is 327 g/mol. The van der Waals surface area contributed by atoms with Crippen LogP contribution < -0.4 is 11.1 Å². The quantitative estimate of drug-likeness (QED) is 0.786. The van der Waals surface area contributed by atoms with Gasteiger partial charge in [0.25, 0.3) is 5.91 Å². The van der Waals surface area contributed by atoms with Crippen molar-refractivity contribution in [2.45, 2.75) is 19.9 Å². The van der Waals surface area contributed by atoms with Gasteiger partial charge in [0, 0.05) is 10.6 Å². The summed E-state index contributed by atoms with van der Waals surface area (Å²) in [5, 5.41) is 5.49. The molecule has 0 aliphatic rings. The molecule has 0 spiro atoms. The highest BCUT2D eigenvalue weighted by Crippen LogP contribution is 2.30. The van der Waals surface area contributed by atoms with E-state index in [-0.39, 0.29) is 27.9 Å². The third kappa shape index (κ3) is 3.70. The molecule has 1 unspecified atom stereocenters. The summed E-state index contributed by atoms with van der Waals surface area (Å²) in [6, 6.07) is 6.96.